The van der Waals surface area contributed by atoms with Crippen molar-refractivity contribution in [2.75, 3.05) is 26.2 Å². The number of amides is 1. The second-order valence-electron chi connectivity index (χ2n) is 7.93. The lowest BCUT2D eigenvalue weighted by atomic mass is 9.92. The third-order valence-electron chi connectivity index (χ3n) is 5.28. The average Bonchev–Trinajstić information content (AvgIpc) is 2.60. The Bertz CT molecular complexity index is 509. The topological polar surface area (TPSA) is 58.4 Å². The van der Waals surface area contributed by atoms with Crippen molar-refractivity contribution in [3.05, 3.63) is 35.9 Å². The zero-order valence-electron chi connectivity index (χ0n) is 16.1. The molecule has 4 nitrogen and oxygen atoms in total. The van der Waals surface area contributed by atoms with Gasteiger partial charge in [-0.3, -0.25) is 4.79 Å². The van der Waals surface area contributed by atoms with Gasteiger partial charge >= 0.3 is 0 Å². The van der Waals surface area contributed by atoms with Crippen molar-refractivity contribution >= 4 is 5.91 Å². The van der Waals surface area contributed by atoms with Crippen LogP contribution in [0.15, 0.2) is 30.3 Å². The first-order valence-corrected chi connectivity index (χ1v) is 9.78. The SMILES string of the molecule is CC1CC(C)CN(CCCCNC(=O)C(C)C(N)c2ccccc2)C1. The van der Waals surface area contributed by atoms with Gasteiger partial charge in [0.2, 0.25) is 5.91 Å². The van der Waals surface area contributed by atoms with Crippen molar-refractivity contribution in [2.24, 2.45) is 23.5 Å². The molecule has 0 aliphatic carbocycles. The zero-order valence-corrected chi connectivity index (χ0v) is 16.1. The van der Waals surface area contributed by atoms with Gasteiger partial charge in [0.25, 0.3) is 0 Å². The smallest absolute Gasteiger partial charge is 0.224 e. The number of rotatable bonds is 8. The molecule has 1 fully saturated rings. The molecule has 3 N–H and O–H groups in total. The van der Waals surface area contributed by atoms with E-state index in [9.17, 15) is 4.79 Å². The second-order valence-corrected chi connectivity index (χ2v) is 7.93. The molecule has 0 radical (unpaired) electrons. The van der Waals surface area contributed by atoms with Crippen LogP contribution < -0.4 is 11.1 Å². The number of nitrogens with one attached hydrogen (secondary N) is 1. The van der Waals surface area contributed by atoms with E-state index in [1.54, 1.807) is 0 Å². The third-order valence-corrected chi connectivity index (χ3v) is 5.28. The predicted molar refractivity (Wildman–Crippen MR) is 104 cm³/mol. The van der Waals surface area contributed by atoms with E-state index in [1.165, 1.54) is 19.5 Å². The standard InChI is InChI=1S/C21H35N3O/c1-16-13-17(2)15-24(14-16)12-8-7-11-23-21(25)18(3)20(22)19-9-5-4-6-10-19/h4-6,9-10,16-18,20H,7-8,11-15,22H2,1-3H3,(H,23,25). The Labute approximate surface area is 153 Å². The van der Waals surface area contributed by atoms with Crippen molar-refractivity contribution < 1.29 is 4.79 Å². The van der Waals surface area contributed by atoms with Gasteiger partial charge in [-0.1, -0.05) is 51.1 Å². The Kier molecular flexibility index (Phi) is 7.91. The van der Waals surface area contributed by atoms with Crippen LogP contribution in [0.4, 0.5) is 0 Å². The summed E-state index contributed by atoms with van der Waals surface area (Å²) >= 11 is 0. The summed E-state index contributed by atoms with van der Waals surface area (Å²) < 4.78 is 0. The zero-order chi connectivity index (χ0) is 18.2. The third kappa shape index (κ3) is 6.44. The quantitative estimate of drug-likeness (QED) is 0.711. The van der Waals surface area contributed by atoms with Crippen molar-refractivity contribution in [1.82, 2.24) is 10.2 Å². The summed E-state index contributed by atoms with van der Waals surface area (Å²) in [6, 6.07) is 9.59. The van der Waals surface area contributed by atoms with Crippen LogP contribution in [-0.4, -0.2) is 37.0 Å². The van der Waals surface area contributed by atoms with Crippen LogP contribution in [0.3, 0.4) is 0 Å². The minimum Gasteiger partial charge on any atom is -0.356 e. The van der Waals surface area contributed by atoms with Crippen LogP contribution in [0.2, 0.25) is 0 Å². The molecule has 0 spiro atoms. The van der Waals surface area contributed by atoms with Gasteiger partial charge in [-0.25, -0.2) is 0 Å². The molecule has 4 heteroatoms. The molecule has 1 aromatic rings. The van der Waals surface area contributed by atoms with Crippen LogP contribution in [-0.2, 0) is 4.79 Å². The molecule has 140 valence electrons. The highest BCUT2D eigenvalue weighted by molar-refractivity contribution is 5.79. The molecule has 1 aromatic carbocycles. The first kappa shape index (κ1) is 19.9. The molecule has 4 atom stereocenters. The number of benzene rings is 1. The highest BCUT2D eigenvalue weighted by Gasteiger charge is 2.22. The van der Waals surface area contributed by atoms with Gasteiger partial charge in [0.05, 0.1) is 5.92 Å². The summed E-state index contributed by atoms with van der Waals surface area (Å²) in [6.07, 6.45) is 3.52. The Balaban J connectivity index is 1.63. The fraction of sp³-hybridized carbons (Fsp3) is 0.667. The number of nitrogens with zero attached hydrogens (tertiary/aromatic N) is 1. The van der Waals surface area contributed by atoms with Gasteiger partial charge in [-0.2, -0.15) is 0 Å². The first-order valence-electron chi connectivity index (χ1n) is 9.78. The van der Waals surface area contributed by atoms with Gasteiger partial charge in [-0.05, 0) is 43.2 Å². The van der Waals surface area contributed by atoms with E-state index in [0.717, 1.165) is 43.3 Å². The van der Waals surface area contributed by atoms with Crippen molar-refractivity contribution in [1.29, 1.82) is 0 Å². The molecule has 0 bridgehead atoms. The molecule has 4 unspecified atom stereocenters. The van der Waals surface area contributed by atoms with Crippen LogP contribution >= 0.6 is 0 Å². The highest BCUT2D eigenvalue weighted by Crippen LogP contribution is 2.21. The van der Waals surface area contributed by atoms with Gasteiger partial charge in [0.1, 0.15) is 0 Å². The Morgan fingerprint density at radius 3 is 2.48 bits per heavy atom. The average molecular weight is 346 g/mol. The van der Waals surface area contributed by atoms with E-state index in [4.69, 9.17) is 5.73 Å². The lowest BCUT2D eigenvalue weighted by Gasteiger charge is -2.34. The number of hydrogen-bond acceptors (Lipinski definition) is 3. The summed E-state index contributed by atoms with van der Waals surface area (Å²) in [5, 5.41) is 3.05. The lowest BCUT2D eigenvalue weighted by molar-refractivity contribution is -0.125. The fourth-order valence-corrected chi connectivity index (χ4v) is 3.93. The molecule has 1 amide bonds. The fourth-order valence-electron chi connectivity index (χ4n) is 3.93. The van der Waals surface area contributed by atoms with Crippen molar-refractivity contribution in [3.63, 3.8) is 0 Å². The molecule has 1 heterocycles. The monoisotopic (exact) mass is 345 g/mol. The van der Waals surface area contributed by atoms with E-state index >= 15 is 0 Å². The van der Waals surface area contributed by atoms with Crippen molar-refractivity contribution in [2.45, 2.75) is 46.1 Å². The Morgan fingerprint density at radius 2 is 1.84 bits per heavy atom. The minimum atomic E-state index is -0.252. The molecule has 0 saturated carbocycles. The minimum absolute atomic E-state index is 0.0524. The summed E-state index contributed by atoms with van der Waals surface area (Å²) in [6.45, 7) is 10.9. The lowest BCUT2D eigenvalue weighted by Crippen LogP contribution is -2.39. The predicted octanol–water partition coefficient (Wildman–Crippen LogP) is 3.20. The second kappa shape index (κ2) is 9.93. The van der Waals surface area contributed by atoms with E-state index in [2.05, 4.69) is 24.1 Å². The number of carbonyl (C=O) groups is 1. The number of piperidine rings is 1. The number of unbranched alkanes of at least 4 members (excludes halogenated alkanes) is 1. The van der Waals surface area contributed by atoms with Crippen molar-refractivity contribution in [3.8, 4) is 0 Å². The van der Waals surface area contributed by atoms with Crippen LogP contribution in [0.1, 0.15) is 51.6 Å². The molecule has 1 aliphatic rings. The first-order chi connectivity index (χ1) is 12.0. The molecule has 1 aliphatic heterocycles. The van der Waals surface area contributed by atoms with Gasteiger partial charge < -0.3 is 16.0 Å². The molecule has 1 saturated heterocycles. The largest absolute Gasteiger partial charge is 0.356 e. The summed E-state index contributed by atoms with van der Waals surface area (Å²) in [7, 11) is 0. The molecular formula is C21H35N3O. The molecular weight excluding hydrogens is 310 g/mol. The maximum absolute atomic E-state index is 12.3. The van der Waals surface area contributed by atoms with Crippen LogP contribution in [0, 0.1) is 17.8 Å². The summed E-state index contributed by atoms with van der Waals surface area (Å²) in [5.41, 5.74) is 7.24. The van der Waals surface area contributed by atoms with Gasteiger partial charge in [-0.15, -0.1) is 0 Å². The number of hydrogen-bond donors (Lipinski definition) is 2. The number of nitrogens with two attached hydrogens (primary N) is 1. The maximum Gasteiger partial charge on any atom is 0.224 e. The molecule has 0 aromatic heterocycles. The van der Waals surface area contributed by atoms with Crippen LogP contribution in [0.25, 0.3) is 0 Å². The number of likely N-dealkylation sites (tertiary alicyclic amines) is 1. The van der Waals surface area contributed by atoms with Gasteiger partial charge in [0, 0.05) is 25.7 Å². The maximum atomic E-state index is 12.3. The van der Waals surface area contributed by atoms with E-state index in [0.29, 0.717) is 0 Å². The molecule has 2 rings (SSSR count). The van der Waals surface area contributed by atoms with E-state index in [1.807, 2.05) is 37.3 Å². The van der Waals surface area contributed by atoms with E-state index < -0.39 is 0 Å². The van der Waals surface area contributed by atoms with Gasteiger partial charge in [0.15, 0.2) is 0 Å². The number of carbonyl (C=O) groups excluding carboxylic acids is 1. The molecule has 25 heavy (non-hydrogen) atoms. The van der Waals surface area contributed by atoms with E-state index in [-0.39, 0.29) is 17.9 Å². The highest BCUT2D eigenvalue weighted by atomic mass is 16.1. The Hall–Kier alpha value is -1.39. The summed E-state index contributed by atoms with van der Waals surface area (Å²) in [4.78, 5) is 14.9. The normalized spacial score (nSPS) is 23.8. The Morgan fingerprint density at radius 1 is 1.20 bits per heavy atom. The summed E-state index contributed by atoms with van der Waals surface area (Å²) in [5.74, 6) is 1.45. The van der Waals surface area contributed by atoms with Crippen LogP contribution in [0.5, 0.6) is 0 Å².